The van der Waals surface area contributed by atoms with Gasteiger partial charge in [-0.2, -0.15) is 0 Å². The zero-order chi connectivity index (χ0) is 11.8. The summed E-state index contributed by atoms with van der Waals surface area (Å²) in [6.45, 7) is 18.7. The zero-order valence-electron chi connectivity index (χ0n) is 10.9. The smallest absolute Gasteiger partial charge is 0.0138 e. The summed E-state index contributed by atoms with van der Waals surface area (Å²) in [6.07, 6.45) is 6.29. The van der Waals surface area contributed by atoms with Gasteiger partial charge >= 0.3 is 0 Å². The molecule has 0 aromatic rings. The Morgan fingerprint density at radius 1 is 1.07 bits per heavy atom. The molecule has 0 unspecified atom stereocenters. The molecular weight excluding hydrogens is 168 g/mol. The molecule has 0 nitrogen and oxygen atoms in total. The van der Waals surface area contributed by atoms with Crippen molar-refractivity contribution in [2.45, 2.75) is 48.5 Å². The van der Waals surface area contributed by atoms with Gasteiger partial charge in [0.2, 0.25) is 0 Å². The van der Waals surface area contributed by atoms with E-state index in [-0.39, 0.29) is 5.41 Å². The fourth-order valence-electron chi connectivity index (χ4n) is 0.578. The van der Waals surface area contributed by atoms with Crippen molar-refractivity contribution in [1.29, 1.82) is 0 Å². The SMILES string of the molecule is C=C(/C=C\C(C)=C/C)C(C)(C)C.CC. The number of allylic oxidation sites excluding steroid dienone is 5. The molecule has 0 N–H and O–H groups in total. The zero-order valence-corrected chi connectivity index (χ0v) is 10.9. The summed E-state index contributed by atoms with van der Waals surface area (Å²) in [5.41, 5.74) is 2.63. The third kappa shape index (κ3) is 7.85. The predicted molar refractivity (Wildman–Crippen MR) is 68.5 cm³/mol. The highest BCUT2D eigenvalue weighted by Crippen LogP contribution is 2.24. The van der Waals surface area contributed by atoms with Crippen molar-refractivity contribution < 1.29 is 0 Å². The van der Waals surface area contributed by atoms with Crippen LogP contribution in [0.15, 0.2) is 36.0 Å². The molecule has 0 radical (unpaired) electrons. The highest BCUT2D eigenvalue weighted by Gasteiger charge is 2.11. The van der Waals surface area contributed by atoms with Crippen LogP contribution in [0.2, 0.25) is 0 Å². The second-order valence-electron chi connectivity index (χ2n) is 4.14. The molecule has 0 heterocycles. The molecule has 0 fully saturated rings. The van der Waals surface area contributed by atoms with E-state index in [0.29, 0.717) is 0 Å². The van der Waals surface area contributed by atoms with Crippen molar-refractivity contribution in [3.8, 4) is 0 Å². The predicted octanol–water partition coefficient (Wildman–Crippen LogP) is 5.14. The molecule has 0 amide bonds. The van der Waals surface area contributed by atoms with Crippen LogP contribution in [0.25, 0.3) is 0 Å². The van der Waals surface area contributed by atoms with Gasteiger partial charge in [0.1, 0.15) is 0 Å². The van der Waals surface area contributed by atoms with Crippen LogP contribution < -0.4 is 0 Å². The Labute approximate surface area is 90.4 Å². The van der Waals surface area contributed by atoms with Gasteiger partial charge in [0.05, 0.1) is 0 Å². The van der Waals surface area contributed by atoms with E-state index >= 15 is 0 Å². The molecule has 0 heteroatoms. The Kier molecular flexibility index (Phi) is 8.52. The van der Waals surface area contributed by atoms with E-state index in [9.17, 15) is 0 Å². The fraction of sp³-hybridized carbons (Fsp3) is 0.571. The maximum atomic E-state index is 4.02. The lowest BCUT2D eigenvalue weighted by molar-refractivity contribution is 0.519. The van der Waals surface area contributed by atoms with Gasteiger partial charge in [-0.3, -0.25) is 0 Å². The Morgan fingerprint density at radius 3 is 1.79 bits per heavy atom. The molecular formula is C14H26. The molecule has 0 spiro atoms. The monoisotopic (exact) mass is 194 g/mol. The van der Waals surface area contributed by atoms with Crippen molar-refractivity contribution in [2.75, 3.05) is 0 Å². The lowest BCUT2D eigenvalue weighted by Crippen LogP contribution is -2.05. The van der Waals surface area contributed by atoms with Gasteiger partial charge in [0.15, 0.2) is 0 Å². The molecule has 0 bridgehead atoms. The van der Waals surface area contributed by atoms with Crippen LogP contribution in [-0.2, 0) is 0 Å². The molecule has 0 saturated heterocycles. The van der Waals surface area contributed by atoms with Gasteiger partial charge in [-0.15, -0.1) is 0 Å². The molecule has 0 aliphatic rings. The first kappa shape index (κ1) is 15.7. The average molecular weight is 194 g/mol. The van der Waals surface area contributed by atoms with E-state index in [1.165, 1.54) is 11.1 Å². The molecule has 82 valence electrons. The van der Waals surface area contributed by atoms with E-state index in [0.717, 1.165) is 0 Å². The quantitative estimate of drug-likeness (QED) is 0.534. The topological polar surface area (TPSA) is 0 Å². The normalized spacial score (nSPS) is 12.4. The molecule has 0 rings (SSSR count). The summed E-state index contributed by atoms with van der Waals surface area (Å²) in [4.78, 5) is 0. The Bertz CT molecular complexity index is 209. The van der Waals surface area contributed by atoms with Crippen LogP contribution in [0.4, 0.5) is 0 Å². The molecule has 0 aromatic carbocycles. The van der Waals surface area contributed by atoms with Crippen molar-refractivity contribution in [1.82, 2.24) is 0 Å². The maximum Gasteiger partial charge on any atom is -0.0138 e. The minimum atomic E-state index is 0.185. The maximum absolute atomic E-state index is 4.02. The summed E-state index contributed by atoms with van der Waals surface area (Å²) in [6, 6.07) is 0. The summed E-state index contributed by atoms with van der Waals surface area (Å²) < 4.78 is 0. The van der Waals surface area contributed by atoms with Crippen LogP contribution >= 0.6 is 0 Å². The lowest BCUT2D eigenvalue weighted by Gasteiger charge is -2.18. The third-order valence-corrected chi connectivity index (χ3v) is 1.97. The van der Waals surface area contributed by atoms with E-state index in [1.54, 1.807) is 0 Å². The van der Waals surface area contributed by atoms with Gasteiger partial charge in [0.25, 0.3) is 0 Å². The first-order valence-electron chi connectivity index (χ1n) is 5.38. The highest BCUT2D eigenvalue weighted by atomic mass is 14.2. The number of hydrogen-bond acceptors (Lipinski definition) is 0. The van der Waals surface area contributed by atoms with E-state index in [1.807, 2.05) is 20.8 Å². The van der Waals surface area contributed by atoms with Gasteiger partial charge < -0.3 is 0 Å². The Morgan fingerprint density at radius 2 is 1.50 bits per heavy atom. The molecule has 14 heavy (non-hydrogen) atoms. The minimum absolute atomic E-state index is 0.185. The molecule has 0 aliphatic carbocycles. The first-order chi connectivity index (χ1) is 6.38. The van der Waals surface area contributed by atoms with Crippen molar-refractivity contribution in [3.63, 3.8) is 0 Å². The first-order valence-corrected chi connectivity index (χ1v) is 5.38. The van der Waals surface area contributed by atoms with Gasteiger partial charge in [-0.05, 0) is 24.8 Å². The van der Waals surface area contributed by atoms with Gasteiger partial charge in [-0.1, -0.05) is 65.0 Å². The largest absolute Gasteiger partial charge is 0.0953 e. The number of rotatable bonds is 2. The molecule has 0 saturated carbocycles. The van der Waals surface area contributed by atoms with Crippen LogP contribution in [0, 0.1) is 5.41 Å². The van der Waals surface area contributed by atoms with Crippen LogP contribution in [0.1, 0.15) is 48.5 Å². The molecule has 0 aromatic heterocycles. The molecule has 0 aliphatic heterocycles. The van der Waals surface area contributed by atoms with Crippen LogP contribution in [0.3, 0.4) is 0 Å². The van der Waals surface area contributed by atoms with Crippen molar-refractivity contribution in [3.05, 3.63) is 36.0 Å². The summed E-state index contributed by atoms with van der Waals surface area (Å²) >= 11 is 0. The lowest BCUT2D eigenvalue weighted by atomic mass is 9.87. The average Bonchev–Trinajstić information content (AvgIpc) is 2.15. The standard InChI is InChI=1S/C12H20.C2H6/c1-7-10(2)8-9-11(3)12(4,5)6;1-2/h7-9H,3H2,1-2,4-6H3;1-2H3/b9-8-,10-7-;. The van der Waals surface area contributed by atoms with Crippen molar-refractivity contribution >= 4 is 0 Å². The third-order valence-electron chi connectivity index (χ3n) is 1.97. The summed E-state index contributed by atoms with van der Waals surface area (Å²) in [7, 11) is 0. The summed E-state index contributed by atoms with van der Waals surface area (Å²) in [5.74, 6) is 0. The van der Waals surface area contributed by atoms with E-state index in [4.69, 9.17) is 0 Å². The number of hydrogen-bond donors (Lipinski definition) is 0. The second-order valence-corrected chi connectivity index (χ2v) is 4.14. The van der Waals surface area contributed by atoms with Crippen LogP contribution in [-0.4, -0.2) is 0 Å². The Balaban J connectivity index is 0. The van der Waals surface area contributed by atoms with Gasteiger partial charge in [0, 0.05) is 0 Å². The van der Waals surface area contributed by atoms with E-state index < -0.39 is 0 Å². The Hall–Kier alpha value is -0.780. The highest BCUT2D eigenvalue weighted by molar-refractivity contribution is 5.27. The molecule has 0 atom stereocenters. The van der Waals surface area contributed by atoms with Crippen molar-refractivity contribution in [2.24, 2.45) is 5.41 Å². The van der Waals surface area contributed by atoms with E-state index in [2.05, 4.69) is 52.5 Å². The van der Waals surface area contributed by atoms with Crippen LogP contribution in [0.5, 0.6) is 0 Å². The fourth-order valence-corrected chi connectivity index (χ4v) is 0.578. The second kappa shape index (κ2) is 7.61. The minimum Gasteiger partial charge on any atom is -0.0953 e. The van der Waals surface area contributed by atoms with Gasteiger partial charge in [-0.25, -0.2) is 0 Å². The summed E-state index contributed by atoms with van der Waals surface area (Å²) in [5, 5.41) is 0.